The summed E-state index contributed by atoms with van der Waals surface area (Å²) in [5, 5.41) is 16.9. The number of H-pyrrole nitrogens is 1. The molecular formula is C17H19FN2OS. The van der Waals surface area contributed by atoms with Gasteiger partial charge in [0, 0.05) is 34.6 Å². The zero-order chi connectivity index (χ0) is 15.7. The molecule has 0 aliphatic rings. The molecule has 3 N–H and O–H groups in total. The average molecular weight is 318 g/mol. The highest BCUT2D eigenvalue weighted by molar-refractivity contribution is 7.10. The lowest BCUT2D eigenvalue weighted by molar-refractivity contribution is 0.0581. The molecule has 0 radical (unpaired) electrons. The number of hydrogen-bond acceptors (Lipinski definition) is 3. The smallest absolute Gasteiger partial charge is 0.125 e. The Morgan fingerprint density at radius 3 is 2.95 bits per heavy atom. The van der Waals surface area contributed by atoms with Crippen molar-refractivity contribution in [3.8, 4) is 0 Å². The van der Waals surface area contributed by atoms with E-state index >= 15 is 0 Å². The van der Waals surface area contributed by atoms with Crippen LogP contribution in [0.2, 0.25) is 0 Å². The maximum Gasteiger partial charge on any atom is 0.125 e. The van der Waals surface area contributed by atoms with Gasteiger partial charge in [-0.1, -0.05) is 6.07 Å². The van der Waals surface area contributed by atoms with Crippen LogP contribution in [0.3, 0.4) is 0 Å². The van der Waals surface area contributed by atoms with E-state index < -0.39 is 5.60 Å². The van der Waals surface area contributed by atoms with Crippen LogP contribution in [-0.2, 0) is 5.60 Å². The molecule has 5 heteroatoms. The SMILES string of the molecule is CC(NCC(C)(O)c1cccs1)c1c[nH]c2cc(F)ccc12. The lowest BCUT2D eigenvalue weighted by Gasteiger charge is -2.25. The van der Waals surface area contributed by atoms with Gasteiger partial charge in [0.1, 0.15) is 11.4 Å². The Bertz CT molecular complexity index is 764. The first-order valence-electron chi connectivity index (χ1n) is 7.23. The summed E-state index contributed by atoms with van der Waals surface area (Å²) in [6.45, 7) is 4.29. The summed E-state index contributed by atoms with van der Waals surface area (Å²) in [6, 6.07) is 8.66. The molecule has 116 valence electrons. The predicted octanol–water partition coefficient (Wildman–Crippen LogP) is 3.93. The third-order valence-corrected chi connectivity index (χ3v) is 5.07. The monoisotopic (exact) mass is 318 g/mol. The number of benzene rings is 1. The third-order valence-electron chi connectivity index (χ3n) is 3.95. The minimum absolute atomic E-state index is 0.0469. The first-order chi connectivity index (χ1) is 10.5. The van der Waals surface area contributed by atoms with E-state index in [2.05, 4.69) is 10.3 Å². The van der Waals surface area contributed by atoms with Gasteiger partial charge in [-0.25, -0.2) is 4.39 Å². The second-order valence-electron chi connectivity index (χ2n) is 5.79. The molecule has 0 bridgehead atoms. The van der Waals surface area contributed by atoms with Crippen molar-refractivity contribution < 1.29 is 9.50 Å². The molecule has 2 heterocycles. The maximum atomic E-state index is 13.2. The number of halogens is 1. The van der Waals surface area contributed by atoms with Crippen LogP contribution < -0.4 is 5.32 Å². The molecule has 0 amide bonds. The van der Waals surface area contributed by atoms with Crippen LogP contribution in [0.25, 0.3) is 10.9 Å². The van der Waals surface area contributed by atoms with Gasteiger partial charge in [-0.2, -0.15) is 0 Å². The number of aromatic nitrogens is 1. The minimum atomic E-state index is -0.902. The van der Waals surface area contributed by atoms with Crippen LogP contribution in [0.1, 0.15) is 30.3 Å². The number of hydrogen-bond donors (Lipinski definition) is 3. The van der Waals surface area contributed by atoms with Crippen LogP contribution >= 0.6 is 11.3 Å². The summed E-state index contributed by atoms with van der Waals surface area (Å²) in [5.41, 5.74) is 0.950. The molecule has 0 aliphatic carbocycles. The molecule has 3 aromatic rings. The number of rotatable bonds is 5. The number of nitrogens with one attached hydrogen (secondary N) is 2. The number of fused-ring (bicyclic) bond motifs is 1. The van der Waals surface area contributed by atoms with Crippen LogP contribution in [0.15, 0.2) is 41.9 Å². The average Bonchev–Trinajstić information content (AvgIpc) is 3.14. The van der Waals surface area contributed by atoms with Gasteiger partial charge in [-0.15, -0.1) is 11.3 Å². The van der Waals surface area contributed by atoms with Crippen LogP contribution in [0.5, 0.6) is 0 Å². The van der Waals surface area contributed by atoms with Crippen molar-refractivity contribution in [2.24, 2.45) is 0 Å². The van der Waals surface area contributed by atoms with Gasteiger partial charge in [-0.3, -0.25) is 0 Å². The molecule has 3 rings (SSSR count). The number of thiophene rings is 1. The number of aliphatic hydroxyl groups is 1. The van der Waals surface area contributed by atoms with Crippen molar-refractivity contribution in [2.75, 3.05) is 6.54 Å². The van der Waals surface area contributed by atoms with E-state index in [-0.39, 0.29) is 11.9 Å². The molecule has 0 spiro atoms. The Labute approximate surface area is 132 Å². The first kappa shape index (κ1) is 15.2. The van der Waals surface area contributed by atoms with Gasteiger partial charge < -0.3 is 15.4 Å². The van der Waals surface area contributed by atoms with Crippen molar-refractivity contribution in [2.45, 2.75) is 25.5 Å². The first-order valence-corrected chi connectivity index (χ1v) is 8.11. The predicted molar refractivity (Wildman–Crippen MR) is 88.6 cm³/mol. The van der Waals surface area contributed by atoms with E-state index in [4.69, 9.17) is 0 Å². The maximum absolute atomic E-state index is 13.2. The van der Waals surface area contributed by atoms with Crippen molar-refractivity contribution in [3.05, 3.63) is 58.2 Å². The molecule has 0 fully saturated rings. The van der Waals surface area contributed by atoms with E-state index in [9.17, 15) is 9.50 Å². The van der Waals surface area contributed by atoms with E-state index in [1.165, 1.54) is 12.1 Å². The number of aromatic amines is 1. The summed E-state index contributed by atoms with van der Waals surface area (Å²) < 4.78 is 13.2. The standard InChI is InChI=1S/C17H19FN2OS/c1-11(20-10-17(2,21)16-4-3-7-22-16)14-9-19-15-8-12(18)5-6-13(14)15/h3-9,11,19-21H,10H2,1-2H3. The molecule has 0 saturated carbocycles. The Hall–Kier alpha value is -1.69. The van der Waals surface area contributed by atoms with E-state index in [1.54, 1.807) is 17.4 Å². The minimum Gasteiger partial charge on any atom is -0.383 e. The largest absolute Gasteiger partial charge is 0.383 e. The van der Waals surface area contributed by atoms with E-state index in [0.29, 0.717) is 6.54 Å². The molecule has 2 aromatic heterocycles. The Balaban J connectivity index is 1.75. The van der Waals surface area contributed by atoms with Gasteiger partial charge in [-0.05, 0) is 49.1 Å². The fourth-order valence-corrected chi connectivity index (χ4v) is 3.40. The quantitative estimate of drug-likeness (QED) is 0.667. The molecule has 22 heavy (non-hydrogen) atoms. The Morgan fingerprint density at radius 2 is 2.23 bits per heavy atom. The van der Waals surface area contributed by atoms with Gasteiger partial charge in [0.05, 0.1) is 0 Å². The molecule has 1 aromatic carbocycles. The van der Waals surface area contributed by atoms with Crippen molar-refractivity contribution in [3.63, 3.8) is 0 Å². The Morgan fingerprint density at radius 1 is 1.41 bits per heavy atom. The normalized spacial score (nSPS) is 15.8. The van der Waals surface area contributed by atoms with Gasteiger partial charge >= 0.3 is 0 Å². The van der Waals surface area contributed by atoms with Crippen molar-refractivity contribution in [1.29, 1.82) is 0 Å². The second kappa shape index (κ2) is 5.83. The summed E-state index contributed by atoms with van der Waals surface area (Å²) in [7, 11) is 0. The van der Waals surface area contributed by atoms with Crippen LogP contribution in [-0.4, -0.2) is 16.6 Å². The summed E-state index contributed by atoms with van der Waals surface area (Å²) in [4.78, 5) is 4.03. The zero-order valence-corrected chi connectivity index (χ0v) is 13.4. The lowest BCUT2D eigenvalue weighted by Crippen LogP contribution is -2.36. The summed E-state index contributed by atoms with van der Waals surface area (Å²) in [6.07, 6.45) is 1.89. The highest BCUT2D eigenvalue weighted by Crippen LogP contribution is 2.28. The highest BCUT2D eigenvalue weighted by Gasteiger charge is 2.25. The highest BCUT2D eigenvalue weighted by atomic mass is 32.1. The molecule has 2 unspecified atom stereocenters. The van der Waals surface area contributed by atoms with Gasteiger partial charge in [0.15, 0.2) is 0 Å². The lowest BCUT2D eigenvalue weighted by atomic mass is 10.0. The Kier molecular flexibility index (Phi) is 4.04. The van der Waals surface area contributed by atoms with Crippen molar-refractivity contribution >= 4 is 22.2 Å². The van der Waals surface area contributed by atoms with Gasteiger partial charge in [0.2, 0.25) is 0 Å². The molecule has 0 saturated heterocycles. The third kappa shape index (κ3) is 2.92. The molecule has 2 atom stereocenters. The second-order valence-corrected chi connectivity index (χ2v) is 6.74. The molecule has 0 aliphatic heterocycles. The van der Waals surface area contributed by atoms with Crippen LogP contribution in [0.4, 0.5) is 4.39 Å². The topological polar surface area (TPSA) is 48.0 Å². The fraction of sp³-hybridized carbons (Fsp3) is 0.294. The zero-order valence-electron chi connectivity index (χ0n) is 12.6. The summed E-state index contributed by atoms with van der Waals surface area (Å²) >= 11 is 1.55. The van der Waals surface area contributed by atoms with Crippen LogP contribution in [0, 0.1) is 5.82 Å². The molecular weight excluding hydrogens is 299 g/mol. The van der Waals surface area contributed by atoms with E-state index in [1.807, 2.05) is 37.6 Å². The molecule has 3 nitrogen and oxygen atoms in total. The van der Waals surface area contributed by atoms with Crippen molar-refractivity contribution in [1.82, 2.24) is 10.3 Å². The fourth-order valence-electron chi connectivity index (χ4n) is 2.61. The van der Waals surface area contributed by atoms with Gasteiger partial charge in [0.25, 0.3) is 0 Å². The van der Waals surface area contributed by atoms with E-state index in [0.717, 1.165) is 21.3 Å². The summed E-state index contributed by atoms with van der Waals surface area (Å²) in [5.74, 6) is -0.248.